The summed E-state index contributed by atoms with van der Waals surface area (Å²) in [5, 5.41) is 14.4. The lowest BCUT2D eigenvalue weighted by Gasteiger charge is -2.22. The van der Waals surface area contributed by atoms with Gasteiger partial charge in [0.1, 0.15) is 12.2 Å². The van der Waals surface area contributed by atoms with Crippen LogP contribution in [0.4, 0.5) is 11.4 Å². The number of aromatic nitrogens is 2. The smallest absolute Gasteiger partial charge is 0.294 e. The molecule has 9 heteroatoms. The number of nitrogens with zero attached hydrogens (tertiary/aromatic N) is 4. The Labute approximate surface area is 179 Å². The first kappa shape index (κ1) is 21.7. The molecule has 9 nitrogen and oxygen atoms in total. The minimum Gasteiger partial charge on any atom is -0.329 e. The van der Waals surface area contributed by atoms with Crippen LogP contribution < -0.4 is 5.32 Å². The number of nitro benzene ring substituents is 1. The Balaban J connectivity index is 1.82. The second-order valence-electron chi connectivity index (χ2n) is 7.02. The number of nitro groups is 1. The normalized spacial score (nSPS) is 10.5. The largest absolute Gasteiger partial charge is 0.329 e. The third kappa shape index (κ3) is 5.13. The summed E-state index contributed by atoms with van der Waals surface area (Å²) in [6.45, 7) is 3.96. The van der Waals surface area contributed by atoms with Gasteiger partial charge in [0.25, 0.3) is 11.6 Å². The molecule has 0 saturated heterocycles. The number of aryl methyl sites for hydroxylation is 1. The molecule has 2 aromatic carbocycles. The maximum atomic E-state index is 13.1. The van der Waals surface area contributed by atoms with Gasteiger partial charge in [0, 0.05) is 36.3 Å². The summed E-state index contributed by atoms with van der Waals surface area (Å²) >= 11 is 0. The molecule has 0 fully saturated rings. The summed E-state index contributed by atoms with van der Waals surface area (Å²) in [6, 6.07) is 11.6. The van der Waals surface area contributed by atoms with Crippen molar-refractivity contribution in [2.75, 3.05) is 18.4 Å². The maximum absolute atomic E-state index is 13.1. The van der Waals surface area contributed by atoms with Gasteiger partial charge in [-0.3, -0.25) is 19.7 Å². The molecule has 0 atom stereocenters. The number of anilines is 1. The lowest BCUT2D eigenvalue weighted by Crippen LogP contribution is -2.38. The van der Waals surface area contributed by atoms with E-state index in [0.717, 1.165) is 5.56 Å². The minimum atomic E-state index is -0.541. The fraction of sp³-hybridized carbons (Fsp3) is 0.227. The van der Waals surface area contributed by atoms with Gasteiger partial charge in [-0.25, -0.2) is 4.98 Å². The van der Waals surface area contributed by atoms with Crippen LogP contribution in [0.15, 0.2) is 61.2 Å². The average Bonchev–Trinajstić information content (AvgIpc) is 3.29. The van der Waals surface area contributed by atoms with Gasteiger partial charge in [-0.15, -0.1) is 0 Å². The van der Waals surface area contributed by atoms with Crippen molar-refractivity contribution in [2.24, 2.45) is 0 Å². The van der Waals surface area contributed by atoms with Gasteiger partial charge < -0.3 is 14.8 Å². The lowest BCUT2D eigenvalue weighted by molar-refractivity contribution is -0.384. The van der Waals surface area contributed by atoms with E-state index < -0.39 is 10.8 Å². The topological polar surface area (TPSA) is 110 Å². The third-order valence-electron chi connectivity index (χ3n) is 4.74. The fourth-order valence-electron chi connectivity index (χ4n) is 3.20. The van der Waals surface area contributed by atoms with Gasteiger partial charge in [-0.2, -0.15) is 0 Å². The van der Waals surface area contributed by atoms with E-state index in [1.54, 1.807) is 12.3 Å². The number of hydrogen-bond acceptors (Lipinski definition) is 5. The van der Waals surface area contributed by atoms with Crippen LogP contribution in [-0.4, -0.2) is 44.3 Å². The van der Waals surface area contributed by atoms with Crippen LogP contribution in [0, 0.1) is 17.0 Å². The number of hydrogen-bond donors (Lipinski definition) is 1. The first-order valence-electron chi connectivity index (χ1n) is 9.82. The van der Waals surface area contributed by atoms with Crippen LogP contribution in [0.5, 0.6) is 0 Å². The van der Waals surface area contributed by atoms with Crippen LogP contribution >= 0.6 is 0 Å². The number of benzene rings is 2. The SMILES string of the molecule is CCCN(CC(=O)Nc1ccccc1C)C(=O)c1ccc(-n2ccnc2)c([N+](=O)[O-])c1. The Hall–Kier alpha value is -4.01. The highest BCUT2D eigenvalue weighted by Crippen LogP contribution is 2.25. The molecule has 2 amide bonds. The van der Waals surface area contributed by atoms with E-state index in [1.165, 1.54) is 40.2 Å². The molecule has 3 rings (SSSR count). The van der Waals surface area contributed by atoms with Crippen LogP contribution in [0.3, 0.4) is 0 Å². The summed E-state index contributed by atoms with van der Waals surface area (Å²) in [5.41, 5.74) is 1.82. The van der Waals surface area contributed by atoms with Crippen molar-refractivity contribution in [2.45, 2.75) is 20.3 Å². The zero-order valence-corrected chi connectivity index (χ0v) is 17.3. The monoisotopic (exact) mass is 421 g/mol. The molecule has 3 aromatic rings. The van der Waals surface area contributed by atoms with Crippen molar-refractivity contribution < 1.29 is 14.5 Å². The second kappa shape index (κ2) is 9.66. The number of amides is 2. The van der Waals surface area contributed by atoms with Crippen LogP contribution in [0.2, 0.25) is 0 Å². The quantitative estimate of drug-likeness (QED) is 0.441. The summed E-state index contributed by atoms with van der Waals surface area (Å²) in [5.74, 6) is -0.775. The molecular weight excluding hydrogens is 398 g/mol. The average molecular weight is 421 g/mol. The zero-order valence-electron chi connectivity index (χ0n) is 17.3. The molecule has 0 aliphatic heterocycles. The van der Waals surface area contributed by atoms with Crippen molar-refractivity contribution in [3.05, 3.63) is 82.4 Å². The van der Waals surface area contributed by atoms with Gasteiger partial charge in [-0.1, -0.05) is 25.1 Å². The summed E-state index contributed by atoms with van der Waals surface area (Å²) in [4.78, 5) is 42.0. The number of carbonyl (C=O) groups excluding carboxylic acids is 2. The molecule has 1 N–H and O–H groups in total. The first-order chi connectivity index (χ1) is 14.9. The fourth-order valence-corrected chi connectivity index (χ4v) is 3.20. The van der Waals surface area contributed by atoms with Crippen LogP contribution in [0.25, 0.3) is 5.69 Å². The van der Waals surface area contributed by atoms with E-state index in [9.17, 15) is 19.7 Å². The van der Waals surface area contributed by atoms with Crippen molar-refractivity contribution >= 4 is 23.2 Å². The molecule has 0 aliphatic carbocycles. The van der Waals surface area contributed by atoms with E-state index in [2.05, 4.69) is 10.3 Å². The zero-order chi connectivity index (χ0) is 22.4. The van der Waals surface area contributed by atoms with Gasteiger partial charge in [0.2, 0.25) is 5.91 Å². The molecule has 0 radical (unpaired) electrons. The van der Waals surface area contributed by atoms with Gasteiger partial charge in [0.05, 0.1) is 11.3 Å². The number of imidazole rings is 1. The van der Waals surface area contributed by atoms with Crippen molar-refractivity contribution in [1.82, 2.24) is 14.5 Å². The first-order valence-corrected chi connectivity index (χ1v) is 9.82. The van der Waals surface area contributed by atoms with Crippen molar-refractivity contribution in [3.63, 3.8) is 0 Å². The lowest BCUT2D eigenvalue weighted by atomic mass is 10.1. The van der Waals surface area contributed by atoms with E-state index in [-0.39, 0.29) is 23.7 Å². The molecule has 31 heavy (non-hydrogen) atoms. The molecule has 1 heterocycles. The van der Waals surface area contributed by atoms with Crippen molar-refractivity contribution in [1.29, 1.82) is 0 Å². The Kier molecular flexibility index (Phi) is 6.76. The van der Waals surface area contributed by atoms with Gasteiger partial charge >= 0.3 is 0 Å². The predicted octanol–water partition coefficient (Wildman–Crippen LogP) is 3.58. The highest BCUT2D eigenvalue weighted by atomic mass is 16.6. The standard InChI is InChI=1S/C22H23N5O4/c1-3-11-25(14-21(28)24-18-7-5-4-6-16(18)2)22(29)17-8-9-19(20(13-17)27(30)31)26-12-10-23-15-26/h4-10,12-13,15H,3,11,14H2,1-2H3,(H,24,28). The summed E-state index contributed by atoms with van der Waals surface area (Å²) < 4.78 is 1.51. The van der Waals surface area contributed by atoms with Gasteiger partial charge in [-0.05, 0) is 37.1 Å². The Morgan fingerprint density at radius 1 is 1.23 bits per heavy atom. The molecule has 1 aromatic heterocycles. The second-order valence-corrected chi connectivity index (χ2v) is 7.02. The molecule has 0 spiro atoms. The van der Waals surface area contributed by atoms with E-state index in [0.29, 0.717) is 24.3 Å². The molecular formula is C22H23N5O4. The molecule has 160 valence electrons. The van der Waals surface area contributed by atoms with E-state index >= 15 is 0 Å². The third-order valence-corrected chi connectivity index (χ3v) is 4.74. The van der Waals surface area contributed by atoms with Crippen molar-refractivity contribution in [3.8, 4) is 5.69 Å². The minimum absolute atomic E-state index is 0.146. The molecule has 0 saturated carbocycles. The van der Waals surface area contributed by atoms with E-state index in [1.807, 2.05) is 32.0 Å². The Morgan fingerprint density at radius 3 is 2.65 bits per heavy atom. The van der Waals surface area contributed by atoms with E-state index in [4.69, 9.17) is 0 Å². The predicted molar refractivity (Wildman–Crippen MR) is 116 cm³/mol. The highest BCUT2D eigenvalue weighted by Gasteiger charge is 2.23. The Morgan fingerprint density at radius 2 is 2.00 bits per heavy atom. The summed E-state index contributed by atoms with van der Waals surface area (Å²) in [7, 11) is 0. The Bertz CT molecular complexity index is 1100. The van der Waals surface area contributed by atoms with Gasteiger partial charge in [0.15, 0.2) is 0 Å². The van der Waals surface area contributed by atoms with Crippen LogP contribution in [-0.2, 0) is 4.79 Å². The summed E-state index contributed by atoms with van der Waals surface area (Å²) in [6.07, 6.45) is 5.18. The molecule has 0 bridgehead atoms. The highest BCUT2D eigenvalue weighted by molar-refractivity contribution is 6.00. The number of para-hydroxylation sites is 1. The number of nitrogens with one attached hydrogen (secondary N) is 1. The number of rotatable bonds is 8. The molecule has 0 aliphatic rings. The van der Waals surface area contributed by atoms with Crippen LogP contribution in [0.1, 0.15) is 29.3 Å². The maximum Gasteiger partial charge on any atom is 0.294 e. The number of carbonyl (C=O) groups is 2. The molecule has 0 unspecified atom stereocenters.